The molecule has 0 saturated heterocycles. The third-order valence-corrected chi connectivity index (χ3v) is 13.5. The smallest absolute Gasteiger partial charge is 0.549 e. The van der Waals surface area contributed by atoms with E-state index in [1.165, 1.54) is 19.6 Å². The summed E-state index contributed by atoms with van der Waals surface area (Å²) < 4.78 is 0. The number of aldehydes is 1. The molecule has 10 N–H and O–H groups in total. The van der Waals surface area contributed by atoms with Crippen molar-refractivity contribution in [1.82, 2.24) is 39.2 Å². The van der Waals surface area contributed by atoms with E-state index in [0.29, 0.717) is 48.4 Å². The predicted molar refractivity (Wildman–Crippen MR) is 374 cm³/mol. The van der Waals surface area contributed by atoms with Gasteiger partial charge in [-0.25, -0.2) is 0 Å². The SMILES string of the molecule is C=C(C)C(=O)Cl.C=C(C)C(=O)Nc1ccc(NCCN(CCN(CC(=O)[O-])CC(=O)[O-])CC(=O)[O-])cc1.Nc1ccc(N)cc1.Nc1ccc(NCCN(CCN(CC(=O)[O-])CC(=O)[O-])CC(=O)[O-])cc1.O=C([O-])CN(CCO)CCN(CC(=O)[O-])CC(=O)[O-].O=CCN(CCN(CC(=O)[O-])CC(=O)[O-])CC(=O)[O-].[B].[C-]#N.[Na+].[Na+].[Na+].[Na+].[Na+].[Na+].[Na+].[Na+].[Na+].[Na+].[Na+].[Na+].[Na+]. The number of nitrogen functional groups attached to an aromatic ring is 3. The first-order valence-corrected chi connectivity index (χ1v) is 32.6. The summed E-state index contributed by atoms with van der Waals surface area (Å²) in [7, 11) is 0. The number of hydrogen-bond donors (Lipinski definition) is 7. The van der Waals surface area contributed by atoms with Crippen LogP contribution in [0, 0.1) is 11.8 Å². The Balaban J connectivity index is -0.0000000703. The molecule has 0 atom stereocenters. The Kier molecular flexibility index (Phi) is 145. The summed E-state index contributed by atoms with van der Waals surface area (Å²) in [5.41, 5.74) is 21.4. The molecule has 125 heavy (non-hydrogen) atoms. The van der Waals surface area contributed by atoms with Crippen molar-refractivity contribution >= 4 is 143 Å². The summed E-state index contributed by atoms with van der Waals surface area (Å²) in [6, 6.07) is 20.9. The molecular weight excluding hydrogens is 1810 g/mol. The van der Waals surface area contributed by atoms with Crippen molar-refractivity contribution in [3.63, 3.8) is 0 Å². The Morgan fingerprint density at radius 3 is 0.720 bits per heavy atom. The van der Waals surface area contributed by atoms with Crippen LogP contribution in [0.3, 0.4) is 0 Å². The number of aliphatic hydroxyl groups excluding tert-OH is 1. The van der Waals surface area contributed by atoms with E-state index < -0.39 is 149 Å². The van der Waals surface area contributed by atoms with Crippen LogP contribution in [-0.2, 0) is 71.9 Å². The van der Waals surface area contributed by atoms with Gasteiger partial charge in [0.15, 0.2) is 0 Å². The number of hydrogen-bond acceptors (Lipinski definition) is 42. The van der Waals surface area contributed by atoms with Crippen molar-refractivity contribution < 1.29 is 523 Å². The summed E-state index contributed by atoms with van der Waals surface area (Å²) >= 11 is 4.87. The Bertz CT molecular complexity index is 3400. The van der Waals surface area contributed by atoms with Crippen LogP contribution in [0.15, 0.2) is 97.1 Å². The number of rotatable bonds is 51. The fourth-order valence-corrected chi connectivity index (χ4v) is 8.19. The van der Waals surface area contributed by atoms with Crippen molar-refractivity contribution in [2.75, 3.05) is 210 Å². The van der Waals surface area contributed by atoms with Crippen molar-refractivity contribution in [2.45, 2.75) is 13.8 Å². The second-order valence-electron chi connectivity index (χ2n) is 22.8. The molecule has 3 aromatic carbocycles. The number of carbonyl (C=O) groups is 15. The van der Waals surface area contributed by atoms with Crippen molar-refractivity contribution in [1.29, 1.82) is 5.26 Å². The predicted octanol–water partition coefficient (Wildman–Crippen LogP) is -57.2. The van der Waals surface area contributed by atoms with Gasteiger partial charge in [-0.3, -0.25) is 48.8 Å². The monoisotopic (exact) mass is 1890 g/mol. The van der Waals surface area contributed by atoms with E-state index in [9.17, 15) is 133 Å². The minimum Gasteiger partial charge on any atom is -0.549 e. The molecule has 58 heteroatoms. The largest absolute Gasteiger partial charge is 1.00 e. The molecule has 0 heterocycles. The minimum absolute atomic E-state index is 0. The van der Waals surface area contributed by atoms with Gasteiger partial charge in [0, 0.05) is 217 Å². The molecule has 1 amide bonds. The summed E-state index contributed by atoms with van der Waals surface area (Å²) in [5, 5.41) is 150. The number of allylic oxidation sites excluding steroid dienone is 1. The molecule has 0 aromatic heterocycles. The third kappa shape index (κ3) is 114. The van der Waals surface area contributed by atoms with Gasteiger partial charge in [-0.15, -0.1) is 0 Å². The molecule has 0 bridgehead atoms. The molecule has 3 aromatic rings. The second kappa shape index (κ2) is 107. The number of halogens is 1. The summed E-state index contributed by atoms with van der Waals surface area (Å²) in [5.74, 6) is -17.2. The topological polar surface area (TPSA) is 717 Å². The average Bonchev–Trinajstić information content (AvgIpc) is 0.895. The fraction of sp³-hybridized carbons (Fsp3) is 0.433. The number of benzene rings is 3. The number of carbonyl (C=O) groups excluding carboxylic acids is 15. The van der Waals surface area contributed by atoms with Gasteiger partial charge in [-0.05, 0) is 98.2 Å². The van der Waals surface area contributed by atoms with Gasteiger partial charge < -0.3 is 174 Å². The Morgan fingerprint density at radius 1 is 0.344 bits per heavy atom. The van der Waals surface area contributed by atoms with Crippen LogP contribution >= 0.6 is 11.6 Å². The number of nitrogens with one attached hydrogen (secondary N) is 3. The van der Waals surface area contributed by atoms with Gasteiger partial charge in [0.05, 0.1) is 84.8 Å². The molecule has 3 rings (SSSR count). The quantitative estimate of drug-likeness (QED) is 0.00689. The van der Waals surface area contributed by atoms with E-state index in [4.69, 9.17) is 45.7 Å². The van der Waals surface area contributed by atoms with Crippen molar-refractivity contribution in [3.8, 4) is 0 Å². The number of carboxylic acid groups (broad SMARTS) is 12. The maximum atomic E-state index is 11.6. The van der Waals surface area contributed by atoms with Crippen LogP contribution < -0.4 is 479 Å². The number of aliphatic carboxylic acids is 12. The van der Waals surface area contributed by atoms with Gasteiger partial charge in [-0.2, -0.15) is 0 Å². The first-order chi connectivity index (χ1) is 51.9. The standard InChI is InChI=1S/C20H28N4O7.C16H24N4O6.C10H18N2O7.C10H16N2O7.C6H8N2.C4H5ClO.CN.B.13Na/c1-14(2)20(31)22-16-5-3-15(4-6-16)21-7-8-23(11-17(25)26)9-10-24(12-18(27)28)13-19(29)30;17-12-1-3-13(4-2-12)18-5-6-19(9-14(21)22)7-8-20(10-15(23)24)11-16(25)26;2*13-4-3-11(5-8(14)15)1-2-12(6-9(16)17)7-10(18)19;7-5-1-2-6(8)4-3-5;1-3(2)4(5)6;1-2;;;;;;;;;;;;;;/h3-6,21H,1,7-13H2,2H3,(H,22,31)(H,25,26)(H,27,28)(H,29,30);1-4,18H,5-11,17H2,(H,21,22)(H,23,24)(H,25,26);13H,1-7H2,(H,14,15)(H,16,17)(H,18,19);4H,1-3,5-7H2,(H,14,15)(H,16,17)(H,18,19);1-4H,7-8H2;1H2,2H3;;;;;;;;;;;;;;;/q;;;;;;-1;;13*+1/p-12. The third-order valence-electron chi connectivity index (χ3n) is 13.1. The first kappa shape index (κ1) is 169. The second-order valence-corrected chi connectivity index (χ2v) is 23.1. The van der Waals surface area contributed by atoms with Crippen LogP contribution in [0.4, 0.5) is 34.1 Å². The minimum atomic E-state index is -1.47. The molecule has 0 fully saturated rings. The van der Waals surface area contributed by atoms with Crippen LogP contribution in [0.2, 0.25) is 0 Å². The fourth-order valence-electron chi connectivity index (χ4n) is 8.19. The zero-order valence-corrected chi connectivity index (χ0v) is 101. The number of nitrogens with two attached hydrogens (primary N) is 3. The Morgan fingerprint density at radius 2 is 0.520 bits per heavy atom. The van der Waals surface area contributed by atoms with Crippen LogP contribution in [0.25, 0.3) is 0 Å². The molecule has 0 spiro atoms. The number of nitrogens with zero attached hydrogens (tertiary/aromatic N) is 9. The normalized spacial score (nSPS) is 9.14. The van der Waals surface area contributed by atoms with Crippen molar-refractivity contribution in [3.05, 3.63) is 104 Å². The van der Waals surface area contributed by atoms with Gasteiger partial charge in [0.25, 0.3) is 5.91 Å². The zero-order chi connectivity index (χ0) is 85.7. The Hall–Kier alpha value is 1.07. The van der Waals surface area contributed by atoms with Gasteiger partial charge in [-0.1, -0.05) is 13.2 Å². The molecular formula is C67H87BClN15Na13O28. The number of aliphatic hydroxyl groups is 1. The zero-order valence-electron chi connectivity index (χ0n) is 74.2. The van der Waals surface area contributed by atoms with Gasteiger partial charge >= 0.3 is 384 Å². The number of carboxylic acids is 12. The van der Waals surface area contributed by atoms with E-state index >= 15 is 0 Å². The number of anilines is 6. The molecule has 0 aliphatic rings. The molecule has 621 valence electrons. The molecule has 0 aliphatic carbocycles. The van der Waals surface area contributed by atoms with E-state index in [1.54, 1.807) is 86.6 Å². The maximum absolute atomic E-state index is 11.6. The Labute approximate surface area is 1020 Å². The van der Waals surface area contributed by atoms with E-state index in [2.05, 4.69) is 29.1 Å². The summed E-state index contributed by atoms with van der Waals surface area (Å²) in [4.78, 5) is 169. The first-order valence-electron chi connectivity index (χ1n) is 32.3. The van der Waals surface area contributed by atoms with Crippen molar-refractivity contribution in [2.24, 2.45) is 0 Å². The van der Waals surface area contributed by atoms with E-state index in [0.717, 1.165) is 42.3 Å². The van der Waals surface area contributed by atoms with Gasteiger partial charge in [0.2, 0.25) is 5.24 Å². The average molecular weight is 1900 g/mol. The van der Waals surface area contributed by atoms with E-state index in [1.807, 2.05) is 0 Å². The molecule has 43 nitrogen and oxygen atoms in total. The summed E-state index contributed by atoms with van der Waals surface area (Å²) in [6.45, 7) is 9.33. The van der Waals surface area contributed by atoms with Crippen LogP contribution in [-0.4, -0.2) is 319 Å². The maximum Gasteiger partial charge on any atom is 1.00 e. The molecule has 0 unspecified atom stereocenters. The summed E-state index contributed by atoms with van der Waals surface area (Å²) in [6.07, 6.45) is 0.477. The number of amides is 1. The van der Waals surface area contributed by atoms with Gasteiger partial charge in [0.1, 0.15) is 6.29 Å². The van der Waals surface area contributed by atoms with E-state index in [-0.39, 0.29) is 484 Å². The molecule has 0 aliphatic heterocycles. The van der Waals surface area contributed by atoms with Crippen LogP contribution in [0.1, 0.15) is 13.8 Å². The van der Waals surface area contributed by atoms with Crippen LogP contribution in [0.5, 0.6) is 0 Å². The molecule has 0 saturated carbocycles. The molecule has 3 radical (unpaired) electrons.